The van der Waals surface area contributed by atoms with E-state index >= 15 is 0 Å². The largest absolute Gasteiger partial charge is 0.378 e. The summed E-state index contributed by atoms with van der Waals surface area (Å²) >= 11 is 6.11. The van der Waals surface area contributed by atoms with Crippen LogP contribution in [0.2, 0.25) is 5.02 Å². The summed E-state index contributed by atoms with van der Waals surface area (Å²) in [4.78, 5) is 2.35. The normalized spacial score (nSPS) is 20.2. The van der Waals surface area contributed by atoms with Gasteiger partial charge in [0.2, 0.25) is 0 Å². The van der Waals surface area contributed by atoms with Gasteiger partial charge in [-0.3, -0.25) is 4.90 Å². The molecule has 0 radical (unpaired) electrons. The van der Waals surface area contributed by atoms with E-state index in [4.69, 9.17) is 16.3 Å². The molecule has 0 amide bonds. The van der Waals surface area contributed by atoms with E-state index in [-0.39, 0.29) is 5.82 Å². The Labute approximate surface area is 125 Å². The number of morpholine rings is 1. The molecule has 1 aromatic rings. The van der Waals surface area contributed by atoms with Crippen LogP contribution in [0.4, 0.5) is 4.39 Å². The second kappa shape index (κ2) is 7.93. The van der Waals surface area contributed by atoms with E-state index < -0.39 is 0 Å². The zero-order valence-electron chi connectivity index (χ0n) is 11.9. The van der Waals surface area contributed by atoms with Crippen molar-refractivity contribution in [2.45, 2.75) is 25.9 Å². The number of halogens is 2. The molecule has 1 atom stereocenters. The molecule has 0 aromatic heterocycles. The van der Waals surface area contributed by atoms with E-state index in [2.05, 4.69) is 17.1 Å². The quantitative estimate of drug-likeness (QED) is 0.818. The van der Waals surface area contributed by atoms with Gasteiger partial charge in [-0.1, -0.05) is 24.6 Å². The summed E-state index contributed by atoms with van der Waals surface area (Å²) in [5.41, 5.74) is 0.968. The van der Waals surface area contributed by atoms with Gasteiger partial charge < -0.3 is 10.1 Å². The Balaban J connectivity index is 1.97. The first kappa shape index (κ1) is 15.7. The molecular weight excluding hydrogens is 279 g/mol. The summed E-state index contributed by atoms with van der Waals surface area (Å²) in [5.74, 6) is -0.290. The minimum absolute atomic E-state index is 0.290. The maximum absolute atomic E-state index is 13.1. The van der Waals surface area contributed by atoms with Crippen LogP contribution in [0.25, 0.3) is 0 Å². The molecule has 0 aliphatic carbocycles. The molecule has 2 rings (SSSR count). The molecule has 3 nitrogen and oxygen atoms in total. The molecule has 1 aliphatic heterocycles. The zero-order valence-corrected chi connectivity index (χ0v) is 12.6. The fourth-order valence-electron chi connectivity index (χ4n) is 2.40. The average Bonchev–Trinajstić information content (AvgIpc) is 2.44. The summed E-state index contributed by atoms with van der Waals surface area (Å²) in [6, 6.07) is 4.95. The smallest absolute Gasteiger partial charge is 0.124 e. The van der Waals surface area contributed by atoms with Gasteiger partial charge in [-0.05, 0) is 30.7 Å². The number of ether oxygens (including phenoxy) is 1. The molecule has 1 heterocycles. The molecule has 0 bridgehead atoms. The highest BCUT2D eigenvalue weighted by Crippen LogP contribution is 2.21. The number of nitrogens with zero attached hydrogens (tertiary/aromatic N) is 1. The summed E-state index contributed by atoms with van der Waals surface area (Å²) in [6.07, 6.45) is 1.12. The van der Waals surface area contributed by atoms with Crippen LogP contribution in [0.15, 0.2) is 18.2 Å². The van der Waals surface area contributed by atoms with Crippen molar-refractivity contribution in [3.05, 3.63) is 34.6 Å². The van der Waals surface area contributed by atoms with Crippen LogP contribution in [0, 0.1) is 5.82 Å². The van der Waals surface area contributed by atoms with E-state index in [1.165, 1.54) is 12.1 Å². The first-order chi connectivity index (χ1) is 9.70. The Hall–Kier alpha value is -0.680. The van der Waals surface area contributed by atoms with Crippen molar-refractivity contribution in [3.63, 3.8) is 0 Å². The van der Waals surface area contributed by atoms with Gasteiger partial charge in [0.25, 0.3) is 0 Å². The van der Waals surface area contributed by atoms with Gasteiger partial charge in [-0.25, -0.2) is 4.39 Å². The third-order valence-corrected chi connectivity index (χ3v) is 3.90. The molecule has 1 fully saturated rings. The van der Waals surface area contributed by atoms with Crippen molar-refractivity contribution < 1.29 is 9.13 Å². The standard InChI is InChI=1S/C15H22ClFN2O/c1-2-5-18-9-14-11-20-7-6-19(14)10-12-3-4-13(17)8-15(12)16/h3-4,8,14,18H,2,5-7,9-11H2,1H3. The van der Waals surface area contributed by atoms with Gasteiger partial charge in [0.15, 0.2) is 0 Å². The highest BCUT2D eigenvalue weighted by Gasteiger charge is 2.23. The highest BCUT2D eigenvalue weighted by molar-refractivity contribution is 6.31. The van der Waals surface area contributed by atoms with Crippen LogP contribution >= 0.6 is 11.6 Å². The van der Waals surface area contributed by atoms with Gasteiger partial charge >= 0.3 is 0 Å². The number of nitrogens with one attached hydrogen (secondary N) is 1. The van der Waals surface area contributed by atoms with Crippen molar-refractivity contribution in [2.75, 3.05) is 32.8 Å². The van der Waals surface area contributed by atoms with Crippen LogP contribution in [0.5, 0.6) is 0 Å². The molecule has 0 saturated carbocycles. The van der Waals surface area contributed by atoms with E-state index in [0.717, 1.165) is 51.4 Å². The predicted octanol–water partition coefficient (Wildman–Crippen LogP) is 2.68. The fourth-order valence-corrected chi connectivity index (χ4v) is 2.63. The van der Waals surface area contributed by atoms with E-state index in [9.17, 15) is 4.39 Å². The maximum Gasteiger partial charge on any atom is 0.124 e. The lowest BCUT2D eigenvalue weighted by Gasteiger charge is -2.36. The third kappa shape index (κ3) is 4.42. The Bertz CT molecular complexity index is 430. The van der Waals surface area contributed by atoms with E-state index in [0.29, 0.717) is 11.1 Å². The summed E-state index contributed by atoms with van der Waals surface area (Å²) in [5, 5.41) is 3.93. The molecule has 1 unspecified atom stereocenters. The lowest BCUT2D eigenvalue weighted by atomic mass is 10.1. The summed E-state index contributed by atoms with van der Waals surface area (Å²) in [7, 11) is 0. The first-order valence-corrected chi connectivity index (χ1v) is 7.55. The Morgan fingerprint density at radius 1 is 1.50 bits per heavy atom. The minimum atomic E-state index is -0.290. The summed E-state index contributed by atoms with van der Waals surface area (Å²) in [6.45, 7) is 7.17. The number of hydrogen-bond donors (Lipinski definition) is 1. The van der Waals surface area contributed by atoms with Crippen molar-refractivity contribution in [1.82, 2.24) is 10.2 Å². The second-order valence-corrected chi connectivity index (χ2v) is 5.55. The Morgan fingerprint density at radius 2 is 2.35 bits per heavy atom. The lowest BCUT2D eigenvalue weighted by Crippen LogP contribution is -2.49. The Kier molecular flexibility index (Phi) is 6.23. The van der Waals surface area contributed by atoms with E-state index in [1.54, 1.807) is 6.07 Å². The first-order valence-electron chi connectivity index (χ1n) is 7.17. The zero-order chi connectivity index (χ0) is 14.4. The molecule has 1 saturated heterocycles. The predicted molar refractivity (Wildman–Crippen MR) is 79.6 cm³/mol. The van der Waals surface area contributed by atoms with Crippen molar-refractivity contribution >= 4 is 11.6 Å². The molecule has 5 heteroatoms. The lowest BCUT2D eigenvalue weighted by molar-refractivity contribution is -0.0108. The number of rotatable bonds is 6. The van der Waals surface area contributed by atoms with Gasteiger partial charge in [0, 0.05) is 30.7 Å². The van der Waals surface area contributed by atoms with Crippen LogP contribution in [0.1, 0.15) is 18.9 Å². The highest BCUT2D eigenvalue weighted by atomic mass is 35.5. The number of benzene rings is 1. The molecule has 20 heavy (non-hydrogen) atoms. The summed E-state index contributed by atoms with van der Waals surface area (Å²) < 4.78 is 18.6. The maximum atomic E-state index is 13.1. The Morgan fingerprint density at radius 3 is 3.10 bits per heavy atom. The van der Waals surface area contributed by atoms with Gasteiger partial charge in [-0.2, -0.15) is 0 Å². The van der Waals surface area contributed by atoms with Crippen molar-refractivity contribution in [2.24, 2.45) is 0 Å². The van der Waals surface area contributed by atoms with Crippen LogP contribution < -0.4 is 5.32 Å². The van der Waals surface area contributed by atoms with Crippen LogP contribution in [0.3, 0.4) is 0 Å². The van der Waals surface area contributed by atoms with Gasteiger partial charge in [0.1, 0.15) is 5.82 Å². The SMILES string of the molecule is CCCNCC1COCCN1Cc1ccc(F)cc1Cl. The monoisotopic (exact) mass is 300 g/mol. The fraction of sp³-hybridized carbons (Fsp3) is 0.600. The molecule has 112 valence electrons. The molecular formula is C15H22ClFN2O. The molecule has 1 aromatic carbocycles. The molecule has 0 spiro atoms. The van der Waals surface area contributed by atoms with Crippen LogP contribution in [-0.4, -0.2) is 43.8 Å². The van der Waals surface area contributed by atoms with Crippen LogP contribution in [-0.2, 0) is 11.3 Å². The third-order valence-electron chi connectivity index (χ3n) is 3.54. The molecule has 1 aliphatic rings. The van der Waals surface area contributed by atoms with E-state index in [1.807, 2.05) is 0 Å². The van der Waals surface area contributed by atoms with Gasteiger partial charge in [-0.15, -0.1) is 0 Å². The number of hydrogen-bond acceptors (Lipinski definition) is 3. The average molecular weight is 301 g/mol. The van der Waals surface area contributed by atoms with Crippen molar-refractivity contribution in [1.29, 1.82) is 0 Å². The topological polar surface area (TPSA) is 24.5 Å². The van der Waals surface area contributed by atoms with Crippen molar-refractivity contribution in [3.8, 4) is 0 Å². The second-order valence-electron chi connectivity index (χ2n) is 5.14. The molecule has 1 N–H and O–H groups in total. The minimum Gasteiger partial charge on any atom is -0.378 e. The van der Waals surface area contributed by atoms with Gasteiger partial charge in [0.05, 0.1) is 13.2 Å².